The molecular formula is C11H12Br2INO2. The fourth-order valence-electron chi connectivity index (χ4n) is 1.26. The van der Waals surface area contributed by atoms with Crippen LogP contribution < -0.4 is 5.32 Å². The quantitative estimate of drug-likeness (QED) is 0.523. The highest BCUT2D eigenvalue weighted by molar-refractivity contribution is 14.1. The summed E-state index contributed by atoms with van der Waals surface area (Å²) >= 11 is 8.90. The first kappa shape index (κ1) is 15.4. The summed E-state index contributed by atoms with van der Waals surface area (Å²) in [5.41, 5.74) is 0.638. The highest BCUT2D eigenvalue weighted by Crippen LogP contribution is 2.19. The molecule has 0 saturated carbocycles. The lowest BCUT2D eigenvalue weighted by molar-refractivity contribution is 0.0907. The van der Waals surface area contributed by atoms with Crippen LogP contribution in [0.15, 0.2) is 22.7 Å². The zero-order valence-electron chi connectivity index (χ0n) is 9.17. The zero-order valence-corrected chi connectivity index (χ0v) is 14.5. The van der Waals surface area contributed by atoms with Gasteiger partial charge in [0.25, 0.3) is 5.91 Å². The van der Waals surface area contributed by atoms with Crippen molar-refractivity contribution in [3.8, 4) is 0 Å². The van der Waals surface area contributed by atoms with E-state index in [0.29, 0.717) is 17.5 Å². The topological polar surface area (TPSA) is 38.3 Å². The normalized spacial score (nSPS) is 12.2. The van der Waals surface area contributed by atoms with Gasteiger partial charge >= 0.3 is 0 Å². The van der Waals surface area contributed by atoms with Gasteiger partial charge in [0.15, 0.2) is 0 Å². The fourth-order valence-corrected chi connectivity index (χ4v) is 2.53. The largest absolute Gasteiger partial charge is 0.383 e. The van der Waals surface area contributed by atoms with E-state index in [1.165, 1.54) is 0 Å². The molecule has 0 saturated heterocycles. The number of hydrogen-bond acceptors (Lipinski definition) is 2. The molecule has 94 valence electrons. The number of carbonyl (C=O) groups excluding carboxylic acids is 1. The van der Waals surface area contributed by atoms with Crippen molar-refractivity contribution >= 4 is 60.4 Å². The van der Waals surface area contributed by atoms with E-state index in [2.05, 4.69) is 59.8 Å². The van der Waals surface area contributed by atoms with E-state index in [1.54, 1.807) is 7.11 Å². The van der Waals surface area contributed by atoms with Crippen molar-refractivity contribution in [3.63, 3.8) is 0 Å². The van der Waals surface area contributed by atoms with Crippen LogP contribution in [0.5, 0.6) is 0 Å². The Morgan fingerprint density at radius 1 is 1.59 bits per heavy atom. The molecule has 0 heterocycles. The predicted octanol–water partition coefficient (Wildman–Crippen LogP) is 3.19. The lowest BCUT2D eigenvalue weighted by atomic mass is 10.2. The average molecular weight is 477 g/mol. The average Bonchev–Trinajstić information content (AvgIpc) is 2.31. The lowest BCUT2D eigenvalue weighted by Gasteiger charge is -2.15. The van der Waals surface area contributed by atoms with E-state index in [1.807, 2.05) is 18.2 Å². The molecule has 0 aliphatic rings. The predicted molar refractivity (Wildman–Crippen MR) is 83.8 cm³/mol. The van der Waals surface area contributed by atoms with Crippen LogP contribution in [-0.4, -0.2) is 31.0 Å². The Labute approximate surface area is 131 Å². The summed E-state index contributed by atoms with van der Waals surface area (Å²) in [6.45, 7) is 0.485. The molecule has 0 radical (unpaired) electrons. The molecule has 1 N–H and O–H groups in total. The van der Waals surface area contributed by atoms with Crippen LogP contribution in [0, 0.1) is 3.57 Å². The molecule has 6 heteroatoms. The van der Waals surface area contributed by atoms with Crippen molar-refractivity contribution in [2.45, 2.75) is 6.04 Å². The van der Waals surface area contributed by atoms with E-state index < -0.39 is 0 Å². The molecule has 1 unspecified atom stereocenters. The first-order chi connectivity index (χ1) is 8.08. The Morgan fingerprint density at radius 2 is 2.29 bits per heavy atom. The minimum atomic E-state index is -0.100. The third-order valence-corrected chi connectivity index (χ3v) is 4.21. The molecule has 0 fully saturated rings. The molecule has 0 aliphatic heterocycles. The number of nitrogens with one attached hydrogen (secondary N) is 1. The van der Waals surface area contributed by atoms with E-state index >= 15 is 0 Å². The number of rotatable bonds is 5. The molecule has 1 amide bonds. The van der Waals surface area contributed by atoms with Gasteiger partial charge in [-0.3, -0.25) is 4.79 Å². The van der Waals surface area contributed by atoms with Crippen molar-refractivity contribution in [2.24, 2.45) is 0 Å². The fraction of sp³-hybridized carbons (Fsp3) is 0.364. The van der Waals surface area contributed by atoms with Gasteiger partial charge in [-0.05, 0) is 56.7 Å². The van der Waals surface area contributed by atoms with Crippen LogP contribution in [0.4, 0.5) is 0 Å². The first-order valence-corrected chi connectivity index (χ1v) is 7.88. The molecular weight excluding hydrogens is 465 g/mol. The van der Waals surface area contributed by atoms with E-state index in [-0.39, 0.29) is 11.9 Å². The number of hydrogen-bond donors (Lipinski definition) is 1. The van der Waals surface area contributed by atoms with Crippen LogP contribution in [0.3, 0.4) is 0 Å². The summed E-state index contributed by atoms with van der Waals surface area (Å²) in [6.07, 6.45) is 0. The maximum absolute atomic E-state index is 12.0. The molecule has 0 aliphatic carbocycles. The molecule has 3 nitrogen and oxygen atoms in total. The number of halogens is 3. The minimum absolute atomic E-state index is 0.0303. The SMILES string of the molecule is COCC(CBr)NC(=O)c1cc(I)ccc1Br. The van der Waals surface area contributed by atoms with Crippen LogP contribution in [-0.2, 0) is 4.74 Å². The molecule has 1 atom stereocenters. The Bertz CT molecular complexity index is 401. The van der Waals surface area contributed by atoms with Crippen molar-refractivity contribution in [1.29, 1.82) is 0 Å². The van der Waals surface area contributed by atoms with Gasteiger partial charge < -0.3 is 10.1 Å². The van der Waals surface area contributed by atoms with Crippen LogP contribution in [0.25, 0.3) is 0 Å². The van der Waals surface area contributed by atoms with Crippen molar-refractivity contribution in [2.75, 3.05) is 19.0 Å². The van der Waals surface area contributed by atoms with Gasteiger partial charge in [0.05, 0.1) is 18.2 Å². The van der Waals surface area contributed by atoms with Crippen LogP contribution >= 0.6 is 54.5 Å². The standard InChI is InChI=1S/C11H12Br2INO2/c1-17-6-8(5-12)15-11(16)9-4-7(14)2-3-10(9)13/h2-4,8H,5-6H2,1H3,(H,15,16). The third-order valence-electron chi connectivity index (χ3n) is 2.06. The highest BCUT2D eigenvalue weighted by Gasteiger charge is 2.15. The summed E-state index contributed by atoms with van der Waals surface area (Å²) in [7, 11) is 1.61. The summed E-state index contributed by atoms with van der Waals surface area (Å²) in [5, 5.41) is 3.57. The second-order valence-corrected chi connectivity index (χ2v) is 6.15. The summed E-state index contributed by atoms with van der Waals surface area (Å²) in [4.78, 5) is 12.0. The molecule has 0 bridgehead atoms. The minimum Gasteiger partial charge on any atom is -0.383 e. The Kier molecular flexibility index (Phi) is 6.98. The molecule has 1 aromatic rings. The Hall–Kier alpha value is 0.340. The Balaban J connectivity index is 2.78. The maximum atomic E-state index is 12.0. The second kappa shape index (κ2) is 7.70. The smallest absolute Gasteiger partial charge is 0.252 e. The van der Waals surface area contributed by atoms with Crippen LogP contribution in [0.1, 0.15) is 10.4 Å². The number of ether oxygens (including phenoxy) is 1. The lowest BCUT2D eigenvalue weighted by Crippen LogP contribution is -2.39. The molecule has 0 aromatic heterocycles. The molecule has 0 spiro atoms. The number of methoxy groups -OCH3 is 1. The van der Waals surface area contributed by atoms with E-state index in [4.69, 9.17) is 4.74 Å². The van der Waals surface area contributed by atoms with E-state index in [0.717, 1.165) is 8.04 Å². The Morgan fingerprint density at radius 3 is 2.88 bits per heavy atom. The second-order valence-electron chi connectivity index (χ2n) is 3.40. The van der Waals surface area contributed by atoms with Gasteiger partial charge in [-0.25, -0.2) is 0 Å². The summed E-state index contributed by atoms with van der Waals surface area (Å²) < 4.78 is 6.85. The molecule has 1 aromatic carbocycles. The number of carbonyl (C=O) groups is 1. The number of alkyl halides is 1. The summed E-state index contributed by atoms with van der Waals surface area (Å²) in [6, 6.07) is 5.63. The van der Waals surface area contributed by atoms with Crippen LogP contribution in [0.2, 0.25) is 0 Å². The maximum Gasteiger partial charge on any atom is 0.252 e. The zero-order chi connectivity index (χ0) is 12.8. The van der Waals surface area contributed by atoms with Gasteiger partial charge in [-0.2, -0.15) is 0 Å². The highest BCUT2D eigenvalue weighted by atomic mass is 127. The van der Waals surface area contributed by atoms with Gasteiger partial charge in [0.1, 0.15) is 0 Å². The monoisotopic (exact) mass is 475 g/mol. The van der Waals surface area contributed by atoms with Gasteiger partial charge in [-0.15, -0.1) is 0 Å². The molecule has 17 heavy (non-hydrogen) atoms. The van der Waals surface area contributed by atoms with Crippen molar-refractivity contribution in [1.82, 2.24) is 5.32 Å². The van der Waals surface area contributed by atoms with Crippen molar-refractivity contribution < 1.29 is 9.53 Å². The number of benzene rings is 1. The van der Waals surface area contributed by atoms with Gasteiger partial charge in [0.2, 0.25) is 0 Å². The molecule has 1 rings (SSSR count). The third kappa shape index (κ3) is 4.84. The van der Waals surface area contributed by atoms with E-state index in [9.17, 15) is 4.79 Å². The summed E-state index contributed by atoms with van der Waals surface area (Å²) in [5.74, 6) is -0.100. The van der Waals surface area contributed by atoms with Crippen molar-refractivity contribution in [3.05, 3.63) is 31.8 Å². The van der Waals surface area contributed by atoms with Gasteiger partial charge in [-0.1, -0.05) is 15.9 Å². The first-order valence-electron chi connectivity index (χ1n) is 4.89. The number of amides is 1. The van der Waals surface area contributed by atoms with Gasteiger partial charge in [0, 0.05) is 20.5 Å².